The molecule has 1 aromatic carbocycles. The first-order valence-corrected chi connectivity index (χ1v) is 9.27. The molecule has 0 radical (unpaired) electrons. The molecule has 0 unspecified atom stereocenters. The van der Waals surface area contributed by atoms with Crippen molar-refractivity contribution in [2.24, 2.45) is 0 Å². The highest BCUT2D eigenvalue weighted by Gasteiger charge is 2.10. The van der Waals surface area contributed by atoms with E-state index in [4.69, 9.17) is 0 Å². The van der Waals surface area contributed by atoms with Crippen LogP contribution in [0.25, 0.3) is 0 Å². The lowest BCUT2D eigenvalue weighted by molar-refractivity contribution is 0.567. The topological polar surface area (TPSA) is 51.1 Å². The summed E-state index contributed by atoms with van der Waals surface area (Å²) < 4.78 is 28.8. The van der Waals surface area contributed by atoms with Crippen molar-refractivity contribution in [3.05, 3.63) is 59.4 Å². The van der Waals surface area contributed by atoms with E-state index in [1.165, 1.54) is 5.56 Å². The van der Waals surface area contributed by atoms with Gasteiger partial charge in [-0.3, -0.25) is 0 Å². The molecule has 0 bridgehead atoms. The third kappa shape index (κ3) is 5.00. The molecular weight excluding hydrogens is 296 g/mol. The molecule has 120 valence electrons. The molecule has 0 saturated heterocycles. The zero-order valence-electron chi connectivity index (χ0n) is 13.2. The van der Waals surface area contributed by atoms with Crippen LogP contribution in [0.4, 0.5) is 0 Å². The Bertz CT molecular complexity index is 671. The zero-order chi connectivity index (χ0) is 16.0. The summed E-state index contributed by atoms with van der Waals surface area (Å²) in [7, 11) is -3.19. The first kappa shape index (κ1) is 16.8. The van der Waals surface area contributed by atoms with Crippen LogP contribution < -0.4 is 4.72 Å². The maximum atomic E-state index is 12.0. The molecule has 1 heterocycles. The summed E-state index contributed by atoms with van der Waals surface area (Å²) in [6, 6.07) is 14.1. The van der Waals surface area contributed by atoms with Gasteiger partial charge in [-0.25, -0.2) is 13.1 Å². The van der Waals surface area contributed by atoms with Gasteiger partial charge >= 0.3 is 0 Å². The van der Waals surface area contributed by atoms with Gasteiger partial charge in [0.05, 0.1) is 5.75 Å². The number of hydrogen-bond donors (Lipinski definition) is 1. The summed E-state index contributed by atoms with van der Waals surface area (Å²) in [5.41, 5.74) is 3.48. The van der Waals surface area contributed by atoms with E-state index in [-0.39, 0.29) is 5.75 Å². The largest absolute Gasteiger partial charge is 0.348 e. The standard InChI is InChI=1S/C17H24N2O2S/c1-15-10-11-16(2)19(15)13-12-18-22(20,21)14-6-9-17-7-4-3-5-8-17/h3-5,7-8,10-11,18H,6,9,12-14H2,1-2H3. The number of hydrogen-bond acceptors (Lipinski definition) is 2. The van der Waals surface area contributed by atoms with Crippen LogP contribution in [0.1, 0.15) is 23.4 Å². The van der Waals surface area contributed by atoms with Gasteiger partial charge < -0.3 is 4.57 Å². The minimum atomic E-state index is -3.19. The fourth-order valence-electron chi connectivity index (χ4n) is 2.55. The molecule has 1 N–H and O–H groups in total. The van der Waals surface area contributed by atoms with Crippen molar-refractivity contribution in [1.82, 2.24) is 9.29 Å². The molecule has 1 aromatic heterocycles. The highest BCUT2D eigenvalue weighted by Crippen LogP contribution is 2.06. The lowest BCUT2D eigenvalue weighted by Gasteiger charge is -2.11. The second-order valence-corrected chi connectivity index (χ2v) is 7.50. The zero-order valence-corrected chi connectivity index (χ0v) is 14.1. The van der Waals surface area contributed by atoms with Crippen molar-refractivity contribution in [2.45, 2.75) is 33.2 Å². The summed E-state index contributed by atoms with van der Waals surface area (Å²) in [5, 5.41) is 0. The van der Waals surface area contributed by atoms with Crippen molar-refractivity contribution in [1.29, 1.82) is 0 Å². The fourth-order valence-corrected chi connectivity index (χ4v) is 3.62. The van der Waals surface area contributed by atoms with Gasteiger partial charge in [0.15, 0.2) is 0 Å². The SMILES string of the molecule is Cc1ccc(C)n1CCNS(=O)(=O)CCCc1ccccc1. The number of aromatic nitrogens is 1. The first-order valence-electron chi connectivity index (χ1n) is 7.62. The van der Waals surface area contributed by atoms with Crippen LogP contribution in [0.2, 0.25) is 0 Å². The third-order valence-corrected chi connectivity index (χ3v) is 5.27. The quantitative estimate of drug-likeness (QED) is 0.813. The van der Waals surface area contributed by atoms with Gasteiger partial charge in [-0.2, -0.15) is 0 Å². The second-order valence-electron chi connectivity index (χ2n) is 5.57. The van der Waals surface area contributed by atoms with Crippen LogP contribution in [0.5, 0.6) is 0 Å². The van der Waals surface area contributed by atoms with E-state index in [1.807, 2.05) is 56.3 Å². The predicted octanol–water partition coefficient (Wildman–Crippen LogP) is 2.66. The van der Waals surface area contributed by atoms with Crippen molar-refractivity contribution in [2.75, 3.05) is 12.3 Å². The molecule has 22 heavy (non-hydrogen) atoms. The Morgan fingerprint density at radius 3 is 2.27 bits per heavy atom. The van der Waals surface area contributed by atoms with Crippen LogP contribution in [0, 0.1) is 13.8 Å². The number of nitrogens with zero attached hydrogens (tertiary/aromatic N) is 1. The van der Waals surface area contributed by atoms with Crippen LogP contribution in [0.15, 0.2) is 42.5 Å². The molecule has 0 atom stereocenters. The minimum Gasteiger partial charge on any atom is -0.348 e. The van der Waals surface area contributed by atoms with Crippen LogP contribution >= 0.6 is 0 Å². The van der Waals surface area contributed by atoms with Gasteiger partial charge in [-0.15, -0.1) is 0 Å². The number of aryl methyl sites for hydroxylation is 3. The summed E-state index contributed by atoms with van der Waals surface area (Å²) in [6.45, 7) is 5.16. The first-order chi connectivity index (χ1) is 10.5. The van der Waals surface area contributed by atoms with Gasteiger partial charge in [0.1, 0.15) is 0 Å². The molecular formula is C17H24N2O2S. The van der Waals surface area contributed by atoms with E-state index in [0.717, 1.165) is 17.8 Å². The maximum Gasteiger partial charge on any atom is 0.211 e. The molecule has 0 saturated carbocycles. The smallest absolute Gasteiger partial charge is 0.211 e. The van der Waals surface area contributed by atoms with E-state index < -0.39 is 10.0 Å². The van der Waals surface area contributed by atoms with E-state index >= 15 is 0 Å². The molecule has 0 aliphatic rings. The Hall–Kier alpha value is -1.59. The Kier molecular flexibility index (Phi) is 5.80. The highest BCUT2D eigenvalue weighted by molar-refractivity contribution is 7.89. The lowest BCUT2D eigenvalue weighted by atomic mass is 10.1. The van der Waals surface area contributed by atoms with Gasteiger partial charge in [-0.05, 0) is 44.4 Å². The van der Waals surface area contributed by atoms with Gasteiger partial charge in [0.2, 0.25) is 10.0 Å². The summed E-state index contributed by atoms with van der Waals surface area (Å²) >= 11 is 0. The van der Waals surface area contributed by atoms with Gasteiger partial charge in [-0.1, -0.05) is 30.3 Å². The second kappa shape index (κ2) is 7.61. The molecule has 0 aliphatic heterocycles. The van der Waals surface area contributed by atoms with E-state index in [9.17, 15) is 8.42 Å². The monoisotopic (exact) mass is 320 g/mol. The normalized spacial score (nSPS) is 11.7. The Morgan fingerprint density at radius 2 is 1.64 bits per heavy atom. The van der Waals surface area contributed by atoms with E-state index in [2.05, 4.69) is 9.29 Å². The molecule has 0 fully saturated rings. The average molecular weight is 320 g/mol. The van der Waals surface area contributed by atoms with Gasteiger partial charge in [0, 0.05) is 24.5 Å². The number of sulfonamides is 1. The maximum absolute atomic E-state index is 12.0. The Balaban J connectivity index is 1.74. The molecule has 2 aromatic rings. The summed E-state index contributed by atoms with van der Waals surface area (Å²) in [6.07, 6.45) is 1.43. The Morgan fingerprint density at radius 1 is 1.00 bits per heavy atom. The number of benzene rings is 1. The lowest BCUT2D eigenvalue weighted by Crippen LogP contribution is -2.30. The van der Waals surface area contributed by atoms with Crippen molar-refractivity contribution >= 4 is 10.0 Å². The van der Waals surface area contributed by atoms with Crippen molar-refractivity contribution in [3.8, 4) is 0 Å². The third-order valence-electron chi connectivity index (χ3n) is 3.80. The van der Waals surface area contributed by atoms with Crippen molar-refractivity contribution in [3.63, 3.8) is 0 Å². The van der Waals surface area contributed by atoms with E-state index in [0.29, 0.717) is 19.5 Å². The van der Waals surface area contributed by atoms with Crippen LogP contribution in [-0.2, 0) is 23.0 Å². The number of nitrogens with one attached hydrogen (secondary N) is 1. The molecule has 0 amide bonds. The van der Waals surface area contributed by atoms with Crippen LogP contribution in [-0.4, -0.2) is 25.3 Å². The minimum absolute atomic E-state index is 0.172. The molecule has 4 nitrogen and oxygen atoms in total. The van der Waals surface area contributed by atoms with Crippen LogP contribution in [0.3, 0.4) is 0 Å². The van der Waals surface area contributed by atoms with Crippen molar-refractivity contribution < 1.29 is 8.42 Å². The molecule has 2 rings (SSSR count). The van der Waals surface area contributed by atoms with E-state index in [1.54, 1.807) is 0 Å². The Labute approximate surface area is 133 Å². The summed E-state index contributed by atoms with van der Waals surface area (Å²) in [5.74, 6) is 0.172. The molecule has 5 heteroatoms. The fraction of sp³-hybridized carbons (Fsp3) is 0.412. The molecule has 0 aliphatic carbocycles. The number of rotatable bonds is 8. The predicted molar refractivity (Wildman–Crippen MR) is 90.5 cm³/mol. The molecule has 0 spiro atoms. The highest BCUT2D eigenvalue weighted by atomic mass is 32.2. The summed E-state index contributed by atoms with van der Waals surface area (Å²) in [4.78, 5) is 0. The van der Waals surface area contributed by atoms with Gasteiger partial charge in [0.25, 0.3) is 0 Å². The average Bonchev–Trinajstić information content (AvgIpc) is 2.80.